The van der Waals surface area contributed by atoms with Crippen molar-refractivity contribution in [2.75, 3.05) is 5.73 Å². The van der Waals surface area contributed by atoms with Gasteiger partial charge in [0.05, 0.1) is 9.77 Å². The van der Waals surface area contributed by atoms with E-state index in [4.69, 9.17) is 5.73 Å². The zero-order chi connectivity index (χ0) is 13.3. The number of benzene rings is 1. The monoisotopic (exact) mass is 418 g/mol. The maximum Gasteiger partial charge on any atom is 0.155 e. The van der Waals surface area contributed by atoms with E-state index in [1.165, 1.54) is 0 Å². The molecule has 2 N–H and O–H groups in total. The van der Waals surface area contributed by atoms with Gasteiger partial charge in [-0.1, -0.05) is 34.6 Å². The summed E-state index contributed by atoms with van der Waals surface area (Å²) in [6.07, 6.45) is 1.12. The van der Waals surface area contributed by atoms with Gasteiger partial charge in [-0.25, -0.2) is 9.37 Å². The van der Waals surface area contributed by atoms with Crippen LogP contribution >= 0.6 is 38.5 Å². The quantitative estimate of drug-likeness (QED) is 0.741. The fourth-order valence-electron chi connectivity index (χ4n) is 1.59. The van der Waals surface area contributed by atoms with E-state index in [0.29, 0.717) is 14.7 Å². The number of pyridine rings is 1. The summed E-state index contributed by atoms with van der Waals surface area (Å²) >= 11 is 5.30. The van der Waals surface area contributed by atoms with Crippen LogP contribution in [0, 0.1) is 9.39 Å². The van der Waals surface area contributed by atoms with Gasteiger partial charge in [-0.05, 0) is 45.9 Å². The summed E-state index contributed by atoms with van der Waals surface area (Å²) < 4.78 is 14.9. The molecule has 0 saturated heterocycles. The molecule has 92 valence electrons. The number of rotatable bonds is 2. The van der Waals surface area contributed by atoms with Gasteiger partial charge in [0.2, 0.25) is 0 Å². The maximum absolute atomic E-state index is 13.5. The van der Waals surface area contributed by atoms with Crippen molar-refractivity contribution in [2.45, 2.75) is 0 Å². The van der Waals surface area contributed by atoms with Crippen LogP contribution in [0.1, 0.15) is 11.1 Å². The molecule has 2 rings (SSSR count). The predicted molar refractivity (Wildman–Crippen MR) is 83.6 cm³/mol. The van der Waals surface area contributed by atoms with Gasteiger partial charge in [0.25, 0.3) is 0 Å². The molecule has 18 heavy (non-hydrogen) atoms. The SMILES string of the molecule is C=C(c1cccc(Br)c1)c1c(N)ncc(F)c1I. The smallest absolute Gasteiger partial charge is 0.155 e. The lowest BCUT2D eigenvalue weighted by atomic mass is 10.0. The average molecular weight is 419 g/mol. The first-order chi connectivity index (χ1) is 8.50. The van der Waals surface area contributed by atoms with Crippen LogP contribution in [0.5, 0.6) is 0 Å². The molecule has 0 amide bonds. The zero-order valence-corrected chi connectivity index (χ0v) is 13.0. The first-order valence-electron chi connectivity index (χ1n) is 5.05. The second kappa shape index (κ2) is 5.36. The normalized spacial score (nSPS) is 10.4. The Morgan fingerprint density at radius 1 is 1.44 bits per heavy atom. The van der Waals surface area contributed by atoms with E-state index in [9.17, 15) is 4.39 Å². The molecule has 0 bridgehead atoms. The van der Waals surface area contributed by atoms with Crippen molar-refractivity contribution in [1.82, 2.24) is 4.98 Å². The van der Waals surface area contributed by atoms with Gasteiger partial charge in [0.15, 0.2) is 5.82 Å². The Labute approximate surface area is 126 Å². The lowest BCUT2D eigenvalue weighted by Gasteiger charge is -2.11. The summed E-state index contributed by atoms with van der Waals surface area (Å²) in [5, 5.41) is 0. The first-order valence-corrected chi connectivity index (χ1v) is 6.92. The van der Waals surface area contributed by atoms with Crippen LogP contribution in [0.4, 0.5) is 10.2 Å². The molecule has 5 heteroatoms. The number of nitrogens with zero attached hydrogens (tertiary/aromatic N) is 1. The van der Waals surface area contributed by atoms with Gasteiger partial charge in [0, 0.05) is 10.0 Å². The topological polar surface area (TPSA) is 38.9 Å². The lowest BCUT2D eigenvalue weighted by molar-refractivity contribution is 0.613. The van der Waals surface area contributed by atoms with Crippen LogP contribution in [0.15, 0.2) is 41.5 Å². The number of aromatic nitrogens is 1. The van der Waals surface area contributed by atoms with Gasteiger partial charge < -0.3 is 5.73 Å². The molecule has 0 atom stereocenters. The third kappa shape index (κ3) is 2.56. The number of anilines is 1. The Morgan fingerprint density at radius 2 is 2.17 bits per heavy atom. The van der Waals surface area contributed by atoms with E-state index in [0.717, 1.165) is 16.2 Å². The van der Waals surface area contributed by atoms with Crippen LogP contribution in [0.2, 0.25) is 0 Å². The van der Waals surface area contributed by atoms with Crippen LogP contribution in [-0.4, -0.2) is 4.98 Å². The standard InChI is InChI=1S/C13H9BrFIN2/c1-7(8-3-2-4-9(14)5-8)11-12(16)10(15)6-18-13(11)17/h2-6H,1H2,(H2,17,18). The van der Waals surface area contributed by atoms with Crippen LogP contribution in [-0.2, 0) is 0 Å². The van der Waals surface area contributed by atoms with Crippen molar-refractivity contribution in [3.8, 4) is 0 Å². The predicted octanol–water partition coefficient (Wildman–Crippen LogP) is 4.23. The lowest BCUT2D eigenvalue weighted by Crippen LogP contribution is -2.02. The molecule has 0 aliphatic rings. The summed E-state index contributed by atoms with van der Waals surface area (Å²) in [7, 11) is 0. The summed E-state index contributed by atoms with van der Waals surface area (Å²) in [5.41, 5.74) is 7.90. The van der Waals surface area contributed by atoms with Gasteiger partial charge in [-0.15, -0.1) is 0 Å². The van der Waals surface area contributed by atoms with Crippen LogP contribution < -0.4 is 5.73 Å². The van der Waals surface area contributed by atoms with Crippen molar-refractivity contribution in [2.24, 2.45) is 0 Å². The molecule has 0 spiro atoms. The second-order valence-electron chi connectivity index (χ2n) is 3.67. The van der Waals surface area contributed by atoms with Gasteiger partial charge in [-0.3, -0.25) is 0 Å². The highest BCUT2D eigenvalue weighted by Crippen LogP contribution is 2.31. The largest absolute Gasteiger partial charge is 0.383 e. The Bertz CT molecular complexity index is 628. The summed E-state index contributed by atoms with van der Waals surface area (Å²) in [6, 6.07) is 7.60. The second-order valence-corrected chi connectivity index (χ2v) is 5.66. The molecule has 0 saturated carbocycles. The number of hydrogen-bond acceptors (Lipinski definition) is 2. The van der Waals surface area contributed by atoms with E-state index in [1.807, 2.05) is 46.9 Å². The molecule has 2 aromatic rings. The number of nitrogen functional groups attached to an aromatic ring is 1. The molecule has 1 aromatic heterocycles. The third-order valence-corrected chi connectivity index (χ3v) is 4.03. The maximum atomic E-state index is 13.5. The Morgan fingerprint density at radius 3 is 2.83 bits per heavy atom. The molecule has 0 aliphatic heterocycles. The Hall–Kier alpha value is -0.950. The fraction of sp³-hybridized carbons (Fsp3) is 0. The van der Waals surface area contributed by atoms with Gasteiger partial charge in [-0.2, -0.15) is 0 Å². The summed E-state index contributed by atoms with van der Waals surface area (Å²) in [6.45, 7) is 3.99. The fourth-order valence-corrected chi connectivity index (χ4v) is 2.73. The first kappa shape index (κ1) is 13.5. The summed E-state index contributed by atoms with van der Waals surface area (Å²) in [5.74, 6) is -0.110. The Kier molecular flexibility index (Phi) is 4.01. The number of hydrogen-bond donors (Lipinski definition) is 1. The molecule has 0 fully saturated rings. The van der Waals surface area contributed by atoms with E-state index >= 15 is 0 Å². The van der Waals surface area contributed by atoms with E-state index in [1.54, 1.807) is 0 Å². The van der Waals surface area contributed by atoms with E-state index in [-0.39, 0.29) is 5.82 Å². The number of nitrogens with two attached hydrogens (primary N) is 1. The highest BCUT2D eigenvalue weighted by atomic mass is 127. The molecule has 0 radical (unpaired) electrons. The molecular formula is C13H9BrFIN2. The summed E-state index contributed by atoms with van der Waals surface area (Å²) in [4.78, 5) is 3.83. The molecule has 1 heterocycles. The van der Waals surface area contributed by atoms with Crippen molar-refractivity contribution >= 4 is 49.9 Å². The minimum atomic E-state index is -0.393. The minimum Gasteiger partial charge on any atom is -0.383 e. The van der Waals surface area contributed by atoms with Crippen molar-refractivity contribution < 1.29 is 4.39 Å². The van der Waals surface area contributed by atoms with Crippen molar-refractivity contribution in [1.29, 1.82) is 0 Å². The van der Waals surface area contributed by atoms with Crippen LogP contribution in [0.25, 0.3) is 5.57 Å². The van der Waals surface area contributed by atoms with Crippen molar-refractivity contribution in [3.63, 3.8) is 0 Å². The molecular weight excluding hydrogens is 410 g/mol. The molecule has 2 nitrogen and oxygen atoms in total. The van der Waals surface area contributed by atoms with Gasteiger partial charge in [0.1, 0.15) is 5.82 Å². The molecule has 0 unspecified atom stereocenters. The highest BCUT2D eigenvalue weighted by Gasteiger charge is 2.15. The minimum absolute atomic E-state index is 0.283. The van der Waals surface area contributed by atoms with Gasteiger partial charge >= 0.3 is 0 Å². The van der Waals surface area contributed by atoms with Crippen LogP contribution in [0.3, 0.4) is 0 Å². The highest BCUT2D eigenvalue weighted by molar-refractivity contribution is 14.1. The van der Waals surface area contributed by atoms with Crippen molar-refractivity contribution in [3.05, 3.63) is 62.0 Å². The van der Waals surface area contributed by atoms with E-state index < -0.39 is 5.82 Å². The zero-order valence-electron chi connectivity index (χ0n) is 9.25. The third-order valence-electron chi connectivity index (χ3n) is 2.48. The number of halogens is 3. The van der Waals surface area contributed by atoms with E-state index in [2.05, 4.69) is 27.5 Å². The average Bonchev–Trinajstić information content (AvgIpc) is 2.34. The Balaban J connectivity index is 2.56. The molecule has 0 aliphatic carbocycles. The molecule has 1 aromatic carbocycles.